The lowest BCUT2D eigenvalue weighted by molar-refractivity contribution is 0.499. The van der Waals surface area contributed by atoms with Crippen LogP contribution in [0.5, 0.6) is 0 Å². The Morgan fingerprint density at radius 3 is 2.96 bits per heavy atom. The van der Waals surface area contributed by atoms with Crippen molar-refractivity contribution in [2.75, 3.05) is 29.0 Å². The molecule has 1 saturated heterocycles. The normalized spacial score (nSPS) is 18.0. The minimum Gasteiger partial charge on any atom is -0.355 e. The smallest absolute Gasteiger partial charge is 0.229 e. The highest BCUT2D eigenvalue weighted by Gasteiger charge is 2.27. The molecule has 142 valence electrons. The van der Waals surface area contributed by atoms with E-state index in [-0.39, 0.29) is 5.92 Å². The first-order valence-electron chi connectivity index (χ1n) is 8.88. The molecule has 0 spiro atoms. The molecule has 1 atom stereocenters. The van der Waals surface area contributed by atoms with Gasteiger partial charge in [-0.3, -0.25) is 9.82 Å². The molecular formula is C18H22N6O2S. The van der Waals surface area contributed by atoms with Crippen LogP contribution in [0.2, 0.25) is 0 Å². The number of sulfonamides is 1. The molecular weight excluding hydrogens is 364 g/mol. The van der Waals surface area contributed by atoms with Crippen LogP contribution in [-0.2, 0) is 10.0 Å². The van der Waals surface area contributed by atoms with Crippen molar-refractivity contribution in [2.24, 2.45) is 0 Å². The van der Waals surface area contributed by atoms with E-state index in [9.17, 15) is 8.42 Å². The summed E-state index contributed by atoms with van der Waals surface area (Å²) in [5.41, 5.74) is 3.43. The molecule has 2 N–H and O–H groups in total. The van der Waals surface area contributed by atoms with E-state index in [1.165, 1.54) is 11.8 Å². The average molecular weight is 386 g/mol. The zero-order chi connectivity index (χ0) is 19.0. The zero-order valence-corrected chi connectivity index (χ0v) is 16.1. The number of H-pyrrole nitrogens is 1. The van der Waals surface area contributed by atoms with Crippen LogP contribution in [0.1, 0.15) is 30.0 Å². The van der Waals surface area contributed by atoms with E-state index in [0.717, 1.165) is 54.6 Å². The Kier molecular flexibility index (Phi) is 4.47. The molecule has 1 aromatic carbocycles. The minimum atomic E-state index is -3.35. The number of nitrogens with one attached hydrogen (secondary N) is 2. The Labute approximate surface area is 158 Å². The van der Waals surface area contributed by atoms with Crippen LogP contribution in [0.3, 0.4) is 0 Å². The quantitative estimate of drug-likeness (QED) is 0.714. The summed E-state index contributed by atoms with van der Waals surface area (Å²) in [4.78, 5) is 11.2. The molecule has 3 heterocycles. The third-order valence-corrected chi connectivity index (χ3v) is 5.45. The van der Waals surface area contributed by atoms with Crippen molar-refractivity contribution >= 4 is 32.4 Å². The molecule has 0 unspecified atom stereocenters. The average Bonchev–Trinajstić information content (AvgIpc) is 3.07. The van der Waals surface area contributed by atoms with E-state index in [1.54, 1.807) is 6.33 Å². The Morgan fingerprint density at radius 1 is 1.30 bits per heavy atom. The van der Waals surface area contributed by atoms with Gasteiger partial charge >= 0.3 is 0 Å². The number of fused-ring (bicyclic) bond motifs is 1. The Balaban J connectivity index is 1.65. The molecule has 4 rings (SSSR count). The first-order valence-corrected chi connectivity index (χ1v) is 10.8. The minimum absolute atomic E-state index is 0.139. The molecule has 0 radical (unpaired) electrons. The Hall–Kier alpha value is -2.68. The van der Waals surface area contributed by atoms with Crippen molar-refractivity contribution in [3.63, 3.8) is 0 Å². The molecule has 2 aromatic heterocycles. The molecule has 0 bridgehead atoms. The second kappa shape index (κ2) is 6.80. The highest BCUT2D eigenvalue weighted by molar-refractivity contribution is 7.92. The molecule has 9 heteroatoms. The fraction of sp³-hybridized carbons (Fsp3) is 0.389. The van der Waals surface area contributed by atoms with Crippen LogP contribution >= 0.6 is 0 Å². The van der Waals surface area contributed by atoms with Gasteiger partial charge in [0.15, 0.2) is 0 Å². The number of rotatable bonds is 4. The maximum absolute atomic E-state index is 11.6. The molecule has 1 aliphatic rings. The van der Waals surface area contributed by atoms with Crippen molar-refractivity contribution in [1.82, 2.24) is 20.2 Å². The van der Waals surface area contributed by atoms with Crippen LogP contribution in [0.4, 0.5) is 11.5 Å². The van der Waals surface area contributed by atoms with E-state index in [0.29, 0.717) is 5.69 Å². The van der Waals surface area contributed by atoms with E-state index in [4.69, 9.17) is 0 Å². The standard InChI is InChI=1S/C18H22N6O2S/c1-12-5-6-15-14(8-12)18(20-11-19-15)24-7-3-4-13(10-24)17-16(9-21-22-17)23-27(2,25)26/h5-6,8-9,11,13,23H,3-4,7,10H2,1-2H3,(H,21,22)/t13-/m0/s1. The van der Waals surface area contributed by atoms with Crippen LogP contribution < -0.4 is 9.62 Å². The molecule has 1 aliphatic heterocycles. The van der Waals surface area contributed by atoms with Gasteiger partial charge in [-0.25, -0.2) is 18.4 Å². The highest BCUT2D eigenvalue weighted by atomic mass is 32.2. The molecule has 0 saturated carbocycles. The van der Waals surface area contributed by atoms with Gasteiger partial charge in [0.25, 0.3) is 0 Å². The second-order valence-corrected chi connectivity index (χ2v) is 8.82. The third-order valence-electron chi connectivity index (χ3n) is 4.86. The lowest BCUT2D eigenvalue weighted by atomic mass is 9.94. The molecule has 8 nitrogen and oxygen atoms in total. The van der Waals surface area contributed by atoms with Crippen molar-refractivity contribution in [3.05, 3.63) is 42.0 Å². The fourth-order valence-electron chi connectivity index (χ4n) is 3.70. The van der Waals surface area contributed by atoms with Gasteiger partial charge in [-0.2, -0.15) is 5.10 Å². The summed E-state index contributed by atoms with van der Waals surface area (Å²) in [7, 11) is -3.35. The van der Waals surface area contributed by atoms with Gasteiger partial charge in [0.05, 0.1) is 29.4 Å². The predicted molar refractivity (Wildman–Crippen MR) is 106 cm³/mol. The van der Waals surface area contributed by atoms with Gasteiger partial charge in [-0.1, -0.05) is 11.6 Å². The van der Waals surface area contributed by atoms with Crippen LogP contribution in [0, 0.1) is 6.92 Å². The number of hydrogen-bond acceptors (Lipinski definition) is 6. The van der Waals surface area contributed by atoms with E-state index in [1.807, 2.05) is 12.1 Å². The lowest BCUT2D eigenvalue weighted by Crippen LogP contribution is -2.35. The molecule has 1 fully saturated rings. The maximum Gasteiger partial charge on any atom is 0.229 e. The molecule has 0 amide bonds. The van der Waals surface area contributed by atoms with Crippen LogP contribution in [-0.4, -0.2) is 47.9 Å². The summed E-state index contributed by atoms with van der Waals surface area (Å²) in [6.45, 7) is 3.70. The fourth-order valence-corrected chi connectivity index (χ4v) is 4.26. The Bertz CT molecular complexity index is 1080. The number of hydrogen-bond donors (Lipinski definition) is 2. The van der Waals surface area contributed by atoms with Crippen LogP contribution in [0.15, 0.2) is 30.7 Å². The van der Waals surface area contributed by atoms with E-state index < -0.39 is 10.0 Å². The SMILES string of the molecule is Cc1ccc2ncnc(N3CCC[C@H](c4[nH]ncc4NS(C)(=O)=O)C3)c2c1. The highest BCUT2D eigenvalue weighted by Crippen LogP contribution is 2.34. The lowest BCUT2D eigenvalue weighted by Gasteiger charge is -2.34. The van der Waals surface area contributed by atoms with Crippen molar-refractivity contribution in [3.8, 4) is 0 Å². The number of aromatic amines is 1. The van der Waals surface area contributed by atoms with Gasteiger partial charge in [0, 0.05) is 24.4 Å². The predicted octanol–water partition coefficient (Wildman–Crippen LogP) is 2.42. The van der Waals surface area contributed by atoms with Crippen LogP contribution in [0.25, 0.3) is 10.9 Å². The van der Waals surface area contributed by atoms with Gasteiger partial charge in [0.1, 0.15) is 12.1 Å². The van der Waals surface area contributed by atoms with Crippen molar-refractivity contribution in [1.29, 1.82) is 0 Å². The topological polar surface area (TPSA) is 104 Å². The van der Waals surface area contributed by atoms with E-state index >= 15 is 0 Å². The number of aryl methyl sites for hydroxylation is 1. The van der Waals surface area contributed by atoms with Gasteiger partial charge in [0.2, 0.25) is 10.0 Å². The zero-order valence-electron chi connectivity index (χ0n) is 15.3. The van der Waals surface area contributed by atoms with Gasteiger partial charge < -0.3 is 4.90 Å². The summed E-state index contributed by atoms with van der Waals surface area (Å²) >= 11 is 0. The number of anilines is 2. The summed E-state index contributed by atoms with van der Waals surface area (Å²) in [6, 6.07) is 6.17. The number of aromatic nitrogens is 4. The second-order valence-electron chi connectivity index (χ2n) is 7.07. The third kappa shape index (κ3) is 3.73. The van der Waals surface area contributed by atoms with Gasteiger partial charge in [-0.05, 0) is 31.9 Å². The van der Waals surface area contributed by atoms with E-state index in [2.05, 4.69) is 42.8 Å². The molecule has 3 aromatic rings. The van der Waals surface area contributed by atoms with Gasteiger partial charge in [-0.15, -0.1) is 0 Å². The summed E-state index contributed by atoms with van der Waals surface area (Å²) in [6.07, 6.45) is 6.22. The first kappa shape index (κ1) is 17.7. The summed E-state index contributed by atoms with van der Waals surface area (Å²) in [5, 5.41) is 8.06. The number of benzene rings is 1. The first-order chi connectivity index (χ1) is 12.9. The summed E-state index contributed by atoms with van der Waals surface area (Å²) < 4.78 is 25.8. The van der Waals surface area contributed by atoms with Crippen molar-refractivity contribution in [2.45, 2.75) is 25.7 Å². The molecule has 0 aliphatic carbocycles. The largest absolute Gasteiger partial charge is 0.355 e. The Morgan fingerprint density at radius 2 is 2.15 bits per heavy atom. The van der Waals surface area contributed by atoms with Crippen molar-refractivity contribution < 1.29 is 8.42 Å². The molecule has 27 heavy (non-hydrogen) atoms. The maximum atomic E-state index is 11.6. The number of piperidine rings is 1. The summed E-state index contributed by atoms with van der Waals surface area (Å²) in [5.74, 6) is 1.06. The monoisotopic (exact) mass is 386 g/mol. The number of nitrogens with zero attached hydrogens (tertiary/aromatic N) is 4.